The molecule has 30 heavy (non-hydrogen) atoms. The first-order valence-corrected chi connectivity index (χ1v) is 10.0. The van der Waals surface area contributed by atoms with Gasteiger partial charge in [0.1, 0.15) is 5.82 Å². The smallest absolute Gasteiger partial charge is 0.261 e. The normalized spacial score (nSPS) is 19.2. The highest BCUT2D eigenvalue weighted by molar-refractivity contribution is 6.22. The van der Waals surface area contributed by atoms with Crippen molar-refractivity contribution in [2.24, 2.45) is 0 Å². The molecule has 0 aliphatic carbocycles. The Balaban J connectivity index is 1.53. The average molecular weight is 410 g/mol. The third-order valence-corrected chi connectivity index (χ3v) is 5.88. The average Bonchev–Trinajstić information content (AvgIpc) is 3.35. The summed E-state index contributed by atoms with van der Waals surface area (Å²) < 4.78 is 18.7. The summed E-state index contributed by atoms with van der Waals surface area (Å²) >= 11 is 0. The molecule has 0 radical (unpaired) electrons. The standard InChI is InChI=1S/C23H23FN2O4/c1-14(15-5-8-17(24)9-6-15)25(2)21(27)16-7-10-19-20(12-16)23(29)26(22(19)28)13-18-4-3-11-30-18/h5-10,12,14,18H,3-4,11,13H2,1-2H3. The molecular weight excluding hydrogens is 387 g/mol. The lowest BCUT2D eigenvalue weighted by Crippen LogP contribution is -2.36. The summed E-state index contributed by atoms with van der Waals surface area (Å²) in [6, 6.07) is 10.3. The summed E-state index contributed by atoms with van der Waals surface area (Å²) in [7, 11) is 1.65. The van der Waals surface area contributed by atoms with Crippen molar-refractivity contribution in [2.75, 3.05) is 20.2 Å². The Hall–Kier alpha value is -3.06. The van der Waals surface area contributed by atoms with Crippen molar-refractivity contribution < 1.29 is 23.5 Å². The van der Waals surface area contributed by atoms with Gasteiger partial charge in [0.15, 0.2) is 0 Å². The molecule has 2 aromatic rings. The molecule has 0 N–H and O–H groups in total. The van der Waals surface area contributed by atoms with E-state index in [2.05, 4.69) is 0 Å². The minimum atomic E-state index is -0.394. The molecule has 156 valence electrons. The Bertz CT molecular complexity index is 999. The van der Waals surface area contributed by atoms with Crippen molar-refractivity contribution in [1.82, 2.24) is 9.80 Å². The first kappa shape index (κ1) is 20.2. The monoisotopic (exact) mass is 410 g/mol. The van der Waals surface area contributed by atoms with Crippen LogP contribution in [0.2, 0.25) is 0 Å². The van der Waals surface area contributed by atoms with Crippen LogP contribution >= 0.6 is 0 Å². The molecule has 2 heterocycles. The fraction of sp³-hybridized carbons (Fsp3) is 0.348. The molecule has 4 rings (SSSR count). The summed E-state index contributed by atoms with van der Waals surface area (Å²) in [5.74, 6) is -1.37. The fourth-order valence-corrected chi connectivity index (χ4v) is 3.93. The van der Waals surface area contributed by atoms with Crippen LogP contribution in [0.25, 0.3) is 0 Å². The predicted octanol–water partition coefficient (Wildman–Crippen LogP) is 3.43. The molecule has 0 bridgehead atoms. The number of imide groups is 1. The number of fused-ring (bicyclic) bond motifs is 1. The Morgan fingerprint density at radius 3 is 2.53 bits per heavy atom. The van der Waals surface area contributed by atoms with Crippen molar-refractivity contribution >= 4 is 17.7 Å². The molecular formula is C23H23FN2O4. The lowest BCUT2D eigenvalue weighted by atomic mass is 10.0. The fourth-order valence-electron chi connectivity index (χ4n) is 3.93. The Morgan fingerprint density at radius 2 is 1.87 bits per heavy atom. The largest absolute Gasteiger partial charge is 0.376 e. The van der Waals surface area contributed by atoms with Gasteiger partial charge < -0.3 is 9.64 Å². The molecule has 2 aliphatic heterocycles. The predicted molar refractivity (Wildman–Crippen MR) is 108 cm³/mol. The second-order valence-corrected chi connectivity index (χ2v) is 7.76. The first-order valence-electron chi connectivity index (χ1n) is 10.0. The number of carbonyl (C=O) groups excluding carboxylic acids is 3. The van der Waals surface area contributed by atoms with E-state index in [4.69, 9.17) is 4.74 Å². The van der Waals surface area contributed by atoms with Crippen molar-refractivity contribution in [3.63, 3.8) is 0 Å². The zero-order valence-electron chi connectivity index (χ0n) is 16.9. The molecule has 0 spiro atoms. The number of hydrogen-bond acceptors (Lipinski definition) is 4. The Labute approximate surface area is 174 Å². The second-order valence-electron chi connectivity index (χ2n) is 7.76. The van der Waals surface area contributed by atoms with E-state index in [1.165, 1.54) is 34.1 Å². The van der Waals surface area contributed by atoms with Gasteiger partial charge in [0.25, 0.3) is 17.7 Å². The number of amides is 3. The maximum Gasteiger partial charge on any atom is 0.261 e. The van der Waals surface area contributed by atoms with E-state index < -0.39 is 5.91 Å². The van der Waals surface area contributed by atoms with Crippen LogP contribution in [0.4, 0.5) is 4.39 Å². The van der Waals surface area contributed by atoms with Crippen molar-refractivity contribution in [1.29, 1.82) is 0 Å². The molecule has 3 amide bonds. The van der Waals surface area contributed by atoms with Crippen LogP contribution in [0, 0.1) is 5.82 Å². The van der Waals surface area contributed by atoms with Gasteiger partial charge in [-0.15, -0.1) is 0 Å². The molecule has 2 unspecified atom stereocenters. The van der Waals surface area contributed by atoms with E-state index >= 15 is 0 Å². The summed E-state index contributed by atoms with van der Waals surface area (Å²) in [6.07, 6.45) is 1.62. The van der Waals surface area contributed by atoms with Gasteiger partial charge in [-0.1, -0.05) is 12.1 Å². The minimum absolute atomic E-state index is 0.129. The summed E-state index contributed by atoms with van der Waals surface area (Å²) in [6.45, 7) is 2.72. The number of rotatable bonds is 5. The SMILES string of the molecule is CC(c1ccc(F)cc1)N(C)C(=O)c1ccc2c(c1)C(=O)N(CC1CCCO1)C2=O. The van der Waals surface area contributed by atoms with E-state index in [9.17, 15) is 18.8 Å². The van der Waals surface area contributed by atoms with Crippen LogP contribution in [0.3, 0.4) is 0 Å². The van der Waals surface area contributed by atoms with Crippen LogP contribution < -0.4 is 0 Å². The molecule has 2 aromatic carbocycles. The number of benzene rings is 2. The highest BCUT2D eigenvalue weighted by Gasteiger charge is 2.38. The molecule has 6 nitrogen and oxygen atoms in total. The van der Waals surface area contributed by atoms with Gasteiger partial charge in [-0.3, -0.25) is 19.3 Å². The number of halogens is 1. The topological polar surface area (TPSA) is 66.9 Å². The molecule has 2 aliphatic rings. The second kappa shape index (κ2) is 7.99. The highest BCUT2D eigenvalue weighted by Crippen LogP contribution is 2.28. The Kier molecular flexibility index (Phi) is 5.39. The maximum absolute atomic E-state index is 13.2. The van der Waals surface area contributed by atoms with Gasteiger partial charge in [-0.25, -0.2) is 4.39 Å². The van der Waals surface area contributed by atoms with Gasteiger partial charge in [-0.05, 0) is 55.7 Å². The van der Waals surface area contributed by atoms with E-state index in [0.717, 1.165) is 18.4 Å². The Morgan fingerprint density at radius 1 is 1.17 bits per heavy atom. The minimum Gasteiger partial charge on any atom is -0.376 e. The van der Waals surface area contributed by atoms with Crippen molar-refractivity contribution in [2.45, 2.75) is 31.9 Å². The van der Waals surface area contributed by atoms with E-state index in [0.29, 0.717) is 17.7 Å². The van der Waals surface area contributed by atoms with Gasteiger partial charge in [-0.2, -0.15) is 0 Å². The summed E-state index contributed by atoms with van der Waals surface area (Å²) in [5.41, 5.74) is 1.67. The molecule has 1 fully saturated rings. The third kappa shape index (κ3) is 3.61. The number of hydrogen-bond donors (Lipinski definition) is 0. The zero-order valence-corrected chi connectivity index (χ0v) is 16.9. The van der Waals surface area contributed by atoms with Gasteiger partial charge in [0, 0.05) is 19.2 Å². The van der Waals surface area contributed by atoms with Gasteiger partial charge >= 0.3 is 0 Å². The highest BCUT2D eigenvalue weighted by atomic mass is 19.1. The lowest BCUT2D eigenvalue weighted by molar-refractivity contribution is 0.0475. The van der Waals surface area contributed by atoms with Crippen LogP contribution in [0.15, 0.2) is 42.5 Å². The molecule has 2 atom stereocenters. The van der Waals surface area contributed by atoms with E-state index in [-0.39, 0.29) is 41.9 Å². The van der Waals surface area contributed by atoms with E-state index in [1.807, 2.05) is 6.92 Å². The molecule has 1 saturated heterocycles. The van der Waals surface area contributed by atoms with E-state index in [1.54, 1.807) is 25.2 Å². The third-order valence-electron chi connectivity index (χ3n) is 5.88. The molecule has 0 aromatic heterocycles. The van der Waals surface area contributed by atoms with Crippen molar-refractivity contribution in [3.8, 4) is 0 Å². The molecule has 0 saturated carbocycles. The zero-order chi connectivity index (χ0) is 21.4. The number of carbonyl (C=O) groups is 3. The van der Waals surface area contributed by atoms with Crippen molar-refractivity contribution in [3.05, 3.63) is 70.5 Å². The van der Waals surface area contributed by atoms with Gasteiger partial charge in [0.2, 0.25) is 0 Å². The first-order chi connectivity index (χ1) is 14.4. The molecule has 7 heteroatoms. The summed E-state index contributed by atoms with van der Waals surface area (Å²) in [4.78, 5) is 41.2. The van der Waals surface area contributed by atoms with Gasteiger partial charge in [0.05, 0.1) is 29.8 Å². The maximum atomic E-state index is 13.2. The summed E-state index contributed by atoms with van der Waals surface area (Å²) in [5, 5.41) is 0. The van der Waals surface area contributed by atoms with Crippen LogP contribution in [0.5, 0.6) is 0 Å². The number of nitrogens with zero attached hydrogens (tertiary/aromatic N) is 2. The van der Waals surface area contributed by atoms with Crippen LogP contribution in [0.1, 0.15) is 62.4 Å². The lowest BCUT2D eigenvalue weighted by Gasteiger charge is -2.25. The quantitative estimate of drug-likeness (QED) is 0.709. The number of ether oxygens (including phenoxy) is 1. The van der Waals surface area contributed by atoms with Crippen LogP contribution in [-0.2, 0) is 4.74 Å². The van der Waals surface area contributed by atoms with Crippen LogP contribution in [-0.4, -0.2) is 53.8 Å².